The van der Waals surface area contributed by atoms with Gasteiger partial charge < -0.3 is 10.1 Å². The molecule has 1 N–H and O–H groups in total. The Morgan fingerprint density at radius 1 is 1.37 bits per heavy atom. The van der Waals surface area contributed by atoms with Crippen LogP contribution in [0.1, 0.15) is 40.6 Å². The van der Waals surface area contributed by atoms with E-state index in [9.17, 15) is 23.3 Å². The average molecular weight is 468 g/mol. The Labute approximate surface area is 183 Å². The third kappa shape index (κ3) is 4.41. The molecule has 0 atom stereocenters. The van der Waals surface area contributed by atoms with Crippen LogP contribution in [0, 0.1) is 24.2 Å². The minimum atomic E-state index is -3.53. The van der Waals surface area contributed by atoms with E-state index < -0.39 is 16.0 Å². The average Bonchev–Trinajstić information content (AvgIpc) is 3.37. The molecule has 1 aliphatic heterocycles. The highest BCUT2D eigenvalue weighted by Gasteiger charge is 2.33. The Morgan fingerprint density at radius 3 is 2.63 bits per heavy atom. The summed E-state index contributed by atoms with van der Waals surface area (Å²) in [6.45, 7) is 4.05. The molecule has 0 unspecified atom stereocenters. The zero-order valence-corrected chi connectivity index (χ0v) is 19.0. The van der Waals surface area contributed by atoms with E-state index >= 15 is 0 Å². The number of nitriles is 1. The summed E-state index contributed by atoms with van der Waals surface area (Å²) >= 11 is 2.19. The van der Waals surface area contributed by atoms with Gasteiger partial charge in [0.1, 0.15) is 20.2 Å². The second kappa shape index (κ2) is 9.26. The van der Waals surface area contributed by atoms with Crippen LogP contribution < -0.4 is 5.32 Å². The van der Waals surface area contributed by atoms with E-state index in [1.807, 2.05) is 6.07 Å². The second-order valence-electron chi connectivity index (χ2n) is 6.69. The number of nitrogens with one attached hydrogen (secondary N) is 1. The first kappa shape index (κ1) is 22.4. The maximum Gasteiger partial charge on any atom is 0.348 e. The highest BCUT2D eigenvalue weighted by molar-refractivity contribution is 7.91. The van der Waals surface area contributed by atoms with E-state index in [0.29, 0.717) is 32.5 Å². The molecule has 1 aliphatic rings. The maximum absolute atomic E-state index is 12.7. The van der Waals surface area contributed by atoms with Crippen molar-refractivity contribution in [3.63, 3.8) is 0 Å². The predicted octanol–water partition coefficient (Wildman–Crippen LogP) is 3.21. The van der Waals surface area contributed by atoms with Gasteiger partial charge in [-0.2, -0.15) is 9.57 Å². The van der Waals surface area contributed by atoms with Crippen molar-refractivity contribution in [2.45, 2.75) is 30.9 Å². The molecule has 1 saturated heterocycles. The van der Waals surface area contributed by atoms with Crippen molar-refractivity contribution in [2.24, 2.45) is 5.92 Å². The number of carbonyl (C=O) groups excluding carboxylic acids is 2. The van der Waals surface area contributed by atoms with Crippen LogP contribution in [0.15, 0.2) is 21.7 Å². The molecule has 0 aromatic carbocycles. The van der Waals surface area contributed by atoms with Crippen molar-refractivity contribution in [1.29, 1.82) is 5.26 Å². The normalized spacial score (nSPS) is 15.5. The van der Waals surface area contributed by atoms with Gasteiger partial charge in [0.15, 0.2) is 0 Å². The summed E-state index contributed by atoms with van der Waals surface area (Å²) < 4.78 is 31.9. The summed E-state index contributed by atoms with van der Waals surface area (Å²) in [6.07, 6.45) is 0.765. The molecule has 2 aromatic rings. The molecular formula is C19H21N3O5S3. The number of hydrogen-bond acceptors (Lipinski definition) is 8. The zero-order chi connectivity index (χ0) is 21.9. The van der Waals surface area contributed by atoms with Gasteiger partial charge in [0.25, 0.3) is 10.0 Å². The molecule has 8 nitrogen and oxygen atoms in total. The number of rotatable bonds is 6. The highest BCUT2D eigenvalue weighted by Crippen LogP contribution is 2.34. The van der Waals surface area contributed by atoms with Crippen LogP contribution >= 0.6 is 22.7 Å². The van der Waals surface area contributed by atoms with Gasteiger partial charge in [-0.25, -0.2) is 13.2 Å². The molecule has 2 aromatic heterocycles. The lowest BCUT2D eigenvalue weighted by Crippen LogP contribution is -2.41. The Morgan fingerprint density at radius 2 is 2.07 bits per heavy atom. The number of sulfonamides is 1. The summed E-state index contributed by atoms with van der Waals surface area (Å²) in [5.41, 5.74) is 0.724. The van der Waals surface area contributed by atoms with E-state index in [1.165, 1.54) is 15.6 Å². The summed E-state index contributed by atoms with van der Waals surface area (Å²) in [6, 6.07) is 5.30. The molecule has 0 saturated carbocycles. The standard InChI is InChI=1S/C19H21N3O5S3/c1-3-27-19(24)16-12(2)14(11-20)18(29-16)21-17(23)13-6-8-22(9-7-13)30(25,26)15-5-4-10-28-15/h4-5,10,13H,3,6-9H2,1-2H3,(H,21,23). The van der Waals surface area contributed by atoms with Crippen LogP contribution in [-0.4, -0.2) is 44.3 Å². The van der Waals surface area contributed by atoms with Gasteiger partial charge in [0.05, 0.1) is 12.2 Å². The maximum atomic E-state index is 12.7. The fourth-order valence-electron chi connectivity index (χ4n) is 3.24. The summed E-state index contributed by atoms with van der Waals surface area (Å²) in [7, 11) is -3.53. The lowest BCUT2D eigenvalue weighted by atomic mass is 9.97. The van der Waals surface area contributed by atoms with E-state index in [-0.39, 0.29) is 37.1 Å². The van der Waals surface area contributed by atoms with Crippen molar-refractivity contribution in [1.82, 2.24) is 4.31 Å². The van der Waals surface area contributed by atoms with Crippen molar-refractivity contribution in [2.75, 3.05) is 25.0 Å². The first-order valence-electron chi connectivity index (χ1n) is 9.34. The number of carbonyl (C=O) groups is 2. The number of esters is 1. The first-order valence-corrected chi connectivity index (χ1v) is 12.5. The predicted molar refractivity (Wildman–Crippen MR) is 114 cm³/mol. The van der Waals surface area contributed by atoms with Crippen LogP contribution in [0.3, 0.4) is 0 Å². The molecule has 0 radical (unpaired) electrons. The van der Waals surface area contributed by atoms with E-state index in [2.05, 4.69) is 5.32 Å². The summed E-state index contributed by atoms with van der Waals surface area (Å²) in [4.78, 5) is 25.1. The molecule has 160 valence electrons. The molecule has 0 aliphatic carbocycles. The molecule has 1 fully saturated rings. The van der Waals surface area contributed by atoms with Gasteiger partial charge in [-0.05, 0) is 43.7 Å². The van der Waals surface area contributed by atoms with Gasteiger partial charge in [0.2, 0.25) is 5.91 Å². The molecule has 0 spiro atoms. The van der Waals surface area contributed by atoms with Crippen LogP contribution in [0.5, 0.6) is 0 Å². The van der Waals surface area contributed by atoms with Gasteiger partial charge >= 0.3 is 5.97 Å². The monoisotopic (exact) mass is 467 g/mol. The number of hydrogen-bond donors (Lipinski definition) is 1. The Kier molecular flexibility index (Phi) is 6.92. The minimum absolute atomic E-state index is 0.215. The number of nitrogens with zero attached hydrogens (tertiary/aromatic N) is 2. The number of anilines is 1. The Hall–Kier alpha value is -2.26. The SMILES string of the molecule is CCOC(=O)c1sc(NC(=O)C2CCN(S(=O)(=O)c3cccs3)CC2)c(C#N)c1C. The molecule has 30 heavy (non-hydrogen) atoms. The number of piperidine rings is 1. The Balaban J connectivity index is 1.68. The molecule has 0 bridgehead atoms. The summed E-state index contributed by atoms with van der Waals surface area (Å²) in [5.74, 6) is -1.18. The second-order valence-corrected chi connectivity index (χ2v) is 10.8. The van der Waals surface area contributed by atoms with Gasteiger partial charge in [-0.1, -0.05) is 6.07 Å². The van der Waals surface area contributed by atoms with Crippen LogP contribution in [0.4, 0.5) is 5.00 Å². The molecule has 1 amide bonds. The smallest absolute Gasteiger partial charge is 0.348 e. The van der Waals surface area contributed by atoms with Crippen molar-refractivity contribution in [3.05, 3.63) is 33.5 Å². The largest absolute Gasteiger partial charge is 0.462 e. The lowest BCUT2D eigenvalue weighted by molar-refractivity contribution is -0.120. The fraction of sp³-hybridized carbons (Fsp3) is 0.421. The van der Waals surface area contributed by atoms with Gasteiger partial charge in [-0.3, -0.25) is 4.79 Å². The fourth-order valence-corrected chi connectivity index (χ4v) is 6.91. The van der Waals surface area contributed by atoms with E-state index in [4.69, 9.17) is 4.74 Å². The third-order valence-electron chi connectivity index (χ3n) is 4.87. The van der Waals surface area contributed by atoms with Gasteiger partial charge in [-0.15, -0.1) is 22.7 Å². The highest BCUT2D eigenvalue weighted by atomic mass is 32.2. The number of thiophene rings is 2. The minimum Gasteiger partial charge on any atom is -0.462 e. The van der Waals surface area contributed by atoms with Crippen LogP contribution in [0.25, 0.3) is 0 Å². The molecule has 11 heteroatoms. The number of amides is 1. The van der Waals surface area contributed by atoms with E-state index in [1.54, 1.807) is 31.4 Å². The third-order valence-corrected chi connectivity index (χ3v) is 9.33. The topological polar surface area (TPSA) is 117 Å². The molecule has 3 rings (SSSR count). The van der Waals surface area contributed by atoms with Crippen molar-refractivity contribution >= 4 is 49.6 Å². The van der Waals surface area contributed by atoms with Crippen LogP contribution in [-0.2, 0) is 19.6 Å². The van der Waals surface area contributed by atoms with Gasteiger partial charge in [0, 0.05) is 19.0 Å². The Bertz CT molecular complexity index is 1080. The quantitative estimate of drug-likeness (QED) is 0.652. The van der Waals surface area contributed by atoms with E-state index in [0.717, 1.165) is 11.3 Å². The van der Waals surface area contributed by atoms with Crippen molar-refractivity contribution < 1.29 is 22.7 Å². The van der Waals surface area contributed by atoms with Crippen molar-refractivity contribution in [3.8, 4) is 6.07 Å². The number of ether oxygens (including phenoxy) is 1. The molecule has 3 heterocycles. The molecular weight excluding hydrogens is 446 g/mol. The van der Waals surface area contributed by atoms with Crippen LogP contribution in [0.2, 0.25) is 0 Å². The first-order chi connectivity index (χ1) is 14.3. The lowest BCUT2D eigenvalue weighted by Gasteiger charge is -2.30. The zero-order valence-electron chi connectivity index (χ0n) is 16.5. The summed E-state index contributed by atoms with van der Waals surface area (Å²) in [5, 5.41) is 14.2.